The summed E-state index contributed by atoms with van der Waals surface area (Å²) in [6.45, 7) is 8.98. The lowest BCUT2D eigenvalue weighted by Gasteiger charge is -2.36. The number of benzene rings is 2. The molecular formula is C26H32N2O2. The van der Waals surface area contributed by atoms with Crippen molar-refractivity contribution in [2.24, 2.45) is 17.8 Å². The van der Waals surface area contributed by atoms with Crippen LogP contribution in [0.25, 0.3) is 22.4 Å². The van der Waals surface area contributed by atoms with Gasteiger partial charge in [0.1, 0.15) is 18.5 Å². The van der Waals surface area contributed by atoms with E-state index in [0.717, 1.165) is 35.3 Å². The number of ether oxygens (including phenoxy) is 1. The van der Waals surface area contributed by atoms with Crippen molar-refractivity contribution in [3.63, 3.8) is 0 Å². The van der Waals surface area contributed by atoms with Crippen molar-refractivity contribution in [3.8, 4) is 11.4 Å². The third kappa shape index (κ3) is 4.28. The van der Waals surface area contributed by atoms with Crippen molar-refractivity contribution in [2.45, 2.75) is 59.6 Å². The van der Waals surface area contributed by atoms with E-state index in [1.807, 2.05) is 28.8 Å². The van der Waals surface area contributed by atoms with Crippen LogP contribution in [0, 0.1) is 24.7 Å². The molecule has 4 nitrogen and oxygen atoms in total. The third-order valence-corrected chi connectivity index (χ3v) is 6.50. The summed E-state index contributed by atoms with van der Waals surface area (Å²) < 4.78 is 8.08. The summed E-state index contributed by atoms with van der Waals surface area (Å²) in [5.74, 6) is 2.21. The van der Waals surface area contributed by atoms with Crippen molar-refractivity contribution in [3.05, 3.63) is 54.1 Å². The number of fused-ring (bicyclic) bond motifs is 1. The third-order valence-electron chi connectivity index (χ3n) is 6.50. The van der Waals surface area contributed by atoms with Crippen molar-refractivity contribution in [2.75, 3.05) is 0 Å². The van der Waals surface area contributed by atoms with Crippen molar-refractivity contribution >= 4 is 17.0 Å². The fourth-order valence-electron chi connectivity index (χ4n) is 4.74. The largest absolute Gasteiger partial charge is 0.461 e. The summed E-state index contributed by atoms with van der Waals surface area (Å²) in [5.41, 5.74) is 4.07. The highest BCUT2D eigenvalue weighted by Crippen LogP contribution is 2.35. The number of aromatic nitrogens is 2. The Kier molecular flexibility index (Phi) is 5.94. The lowest BCUT2D eigenvalue weighted by molar-refractivity contribution is -0.156. The molecule has 4 heteroatoms. The molecule has 1 aliphatic carbocycles. The van der Waals surface area contributed by atoms with Crippen LogP contribution in [0.4, 0.5) is 0 Å². The predicted octanol–water partition coefficient (Wildman–Crippen LogP) is 6.02. The first-order chi connectivity index (χ1) is 14.4. The minimum absolute atomic E-state index is 0.0128. The first-order valence-corrected chi connectivity index (χ1v) is 11.1. The molecule has 0 aliphatic heterocycles. The number of carbonyl (C=O) groups excluding carboxylic acids is 1. The van der Waals surface area contributed by atoms with Crippen LogP contribution >= 0.6 is 0 Å². The van der Waals surface area contributed by atoms with Gasteiger partial charge >= 0.3 is 5.97 Å². The van der Waals surface area contributed by atoms with E-state index in [9.17, 15) is 4.79 Å². The fourth-order valence-corrected chi connectivity index (χ4v) is 4.74. The van der Waals surface area contributed by atoms with E-state index >= 15 is 0 Å². The number of esters is 1. The summed E-state index contributed by atoms with van der Waals surface area (Å²) >= 11 is 0. The average Bonchev–Trinajstić information content (AvgIpc) is 3.07. The number of para-hydroxylation sites is 2. The quantitative estimate of drug-likeness (QED) is 0.489. The molecule has 1 heterocycles. The Balaban J connectivity index is 1.62. The molecule has 0 saturated heterocycles. The second-order valence-corrected chi connectivity index (χ2v) is 9.23. The second-order valence-electron chi connectivity index (χ2n) is 9.23. The standard InChI is InChI=1S/C26H32N2O2/c1-17(2)21-14-11-19(4)15-24(21)30-25(29)16-28-23-8-6-5-7-22(23)27-26(28)20-12-9-18(3)10-13-20/h5-10,12-13,17,19,21,24H,11,14-16H2,1-4H3. The smallest absolute Gasteiger partial charge is 0.326 e. The lowest BCUT2D eigenvalue weighted by Crippen LogP contribution is -2.36. The van der Waals surface area contributed by atoms with Gasteiger partial charge in [-0.3, -0.25) is 4.79 Å². The Morgan fingerprint density at radius 3 is 2.60 bits per heavy atom. The van der Waals surface area contributed by atoms with E-state index in [4.69, 9.17) is 9.72 Å². The number of aryl methyl sites for hydroxylation is 1. The molecule has 3 aromatic rings. The Morgan fingerprint density at radius 1 is 1.13 bits per heavy atom. The molecule has 1 saturated carbocycles. The van der Waals surface area contributed by atoms with Crippen molar-refractivity contribution in [1.82, 2.24) is 9.55 Å². The predicted molar refractivity (Wildman–Crippen MR) is 121 cm³/mol. The molecule has 1 fully saturated rings. The maximum Gasteiger partial charge on any atom is 0.326 e. The first kappa shape index (κ1) is 20.6. The molecule has 0 amide bonds. The molecule has 30 heavy (non-hydrogen) atoms. The summed E-state index contributed by atoms with van der Waals surface area (Å²) in [4.78, 5) is 17.9. The Labute approximate surface area is 179 Å². The minimum atomic E-state index is -0.170. The molecule has 0 spiro atoms. The number of carbonyl (C=O) groups is 1. The maximum atomic E-state index is 13.1. The van der Waals surface area contributed by atoms with Gasteiger partial charge in [0.2, 0.25) is 0 Å². The van der Waals surface area contributed by atoms with Crippen LogP contribution in [0.2, 0.25) is 0 Å². The first-order valence-electron chi connectivity index (χ1n) is 11.1. The zero-order valence-electron chi connectivity index (χ0n) is 18.5. The van der Waals surface area contributed by atoms with E-state index in [1.54, 1.807) is 0 Å². The highest BCUT2D eigenvalue weighted by Gasteiger charge is 2.33. The van der Waals surface area contributed by atoms with Gasteiger partial charge < -0.3 is 9.30 Å². The lowest BCUT2D eigenvalue weighted by atomic mass is 9.75. The maximum absolute atomic E-state index is 13.1. The van der Waals surface area contributed by atoms with Gasteiger partial charge in [0.05, 0.1) is 11.0 Å². The normalized spacial score (nSPS) is 21.8. The summed E-state index contributed by atoms with van der Waals surface area (Å²) in [7, 11) is 0. The number of nitrogens with zero attached hydrogens (tertiary/aromatic N) is 2. The van der Waals surface area contributed by atoms with Crippen LogP contribution in [0.15, 0.2) is 48.5 Å². The number of hydrogen-bond donors (Lipinski definition) is 0. The van der Waals surface area contributed by atoms with Crippen molar-refractivity contribution in [1.29, 1.82) is 0 Å². The molecule has 0 N–H and O–H groups in total. The molecular weight excluding hydrogens is 372 g/mol. The Morgan fingerprint density at radius 2 is 1.87 bits per heavy atom. The molecule has 2 aromatic carbocycles. The van der Waals surface area contributed by atoms with Gasteiger partial charge in [-0.1, -0.05) is 69.2 Å². The molecule has 4 rings (SSSR count). The zero-order chi connectivity index (χ0) is 21.3. The van der Waals surface area contributed by atoms with Gasteiger partial charge in [-0.15, -0.1) is 0 Å². The van der Waals surface area contributed by atoms with Crippen LogP contribution in [-0.4, -0.2) is 21.6 Å². The van der Waals surface area contributed by atoms with E-state index in [2.05, 4.69) is 52.0 Å². The van der Waals surface area contributed by atoms with Gasteiger partial charge in [0, 0.05) is 5.56 Å². The molecule has 1 aromatic heterocycles. The van der Waals surface area contributed by atoms with Crippen LogP contribution in [0.5, 0.6) is 0 Å². The highest BCUT2D eigenvalue weighted by molar-refractivity contribution is 5.83. The van der Waals surface area contributed by atoms with E-state index in [-0.39, 0.29) is 18.6 Å². The van der Waals surface area contributed by atoms with Crippen LogP contribution < -0.4 is 0 Å². The summed E-state index contributed by atoms with van der Waals surface area (Å²) in [6, 6.07) is 16.3. The number of imidazole rings is 1. The van der Waals surface area contributed by atoms with Gasteiger partial charge in [-0.25, -0.2) is 4.98 Å². The van der Waals surface area contributed by atoms with Gasteiger partial charge in [0.25, 0.3) is 0 Å². The van der Waals surface area contributed by atoms with E-state index in [1.165, 1.54) is 12.0 Å². The molecule has 158 valence electrons. The molecule has 0 radical (unpaired) electrons. The molecule has 1 aliphatic rings. The topological polar surface area (TPSA) is 44.1 Å². The van der Waals surface area contributed by atoms with Crippen LogP contribution in [0.3, 0.4) is 0 Å². The minimum Gasteiger partial charge on any atom is -0.461 e. The van der Waals surface area contributed by atoms with Crippen LogP contribution in [-0.2, 0) is 16.1 Å². The number of hydrogen-bond acceptors (Lipinski definition) is 3. The van der Waals surface area contributed by atoms with E-state index in [0.29, 0.717) is 17.8 Å². The Bertz CT molecular complexity index is 1020. The van der Waals surface area contributed by atoms with Gasteiger partial charge in [-0.2, -0.15) is 0 Å². The zero-order valence-corrected chi connectivity index (χ0v) is 18.5. The summed E-state index contributed by atoms with van der Waals surface area (Å²) in [6.07, 6.45) is 3.34. The average molecular weight is 405 g/mol. The van der Waals surface area contributed by atoms with Crippen LogP contribution in [0.1, 0.15) is 45.6 Å². The summed E-state index contributed by atoms with van der Waals surface area (Å²) in [5, 5.41) is 0. The second kappa shape index (κ2) is 8.63. The number of rotatable bonds is 5. The van der Waals surface area contributed by atoms with Crippen molar-refractivity contribution < 1.29 is 9.53 Å². The molecule has 3 atom stereocenters. The van der Waals surface area contributed by atoms with E-state index < -0.39 is 0 Å². The Hall–Kier alpha value is -2.62. The fraction of sp³-hybridized carbons (Fsp3) is 0.462. The highest BCUT2D eigenvalue weighted by atomic mass is 16.5. The molecule has 3 unspecified atom stereocenters. The van der Waals surface area contributed by atoms with Gasteiger partial charge in [-0.05, 0) is 49.7 Å². The van der Waals surface area contributed by atoms with Gasteiger partial charge in [0.15, 0.2) is 0 Å². The SMILES string of the molecule is Cc1ccc(-c2nc3ccccc3n2CC(=O)OC2CC(C)CCC2C(C)C)cc1. The monoisotopic (exact) mass is 404 g/mol. The molecule has 0 bridgehead atoms.